The number of phenols is 1. The molecule has 1 aliphatic heterocycles. The number of aromatic hydroxyl groups is 1. The zero-order valence-electron chi connectivity index (χ0n) is 14.0. The Balaban J connectivity index is 2.27. The molecule has 0 aliphatic carbocycles. The fourth-order valence-electron chi connectivity index (χ4n) is 3.68. The molecule has 0 fully saturated rings. The van der Waals surface area contributed by atoms with Gasteiger partial charge in [-0.05, 0) is 33.9 Å². The van der Waals surface area contributed by atoms with E-state index < -0.39 is 0 Å². The predicted molar refractivity (Wildman–Crippen MR) is 91.7 cm³/mol. The average Bonchev–Trinajstić information content (AvgIpc) is 2.73. The molecule has 22 heavy (non-hydrogen) atoms. The maximum Gasteiger partial charge on any atom is 0.130 e. The summed E-state index contributed by atoms with van der Waals surface area (Å²) < 4.78 is 6.04. The van der Waals surface area contributed by atoms with Crippen LogP contribution < -0.4 is 0 Å². The summed E-state index contributed by atoms with van der Waals surface area (Å²) in [4.78, 5) is 0. The standard InChI is InChI=1S/C20H24O2/c1-19(2,3)18-17(22-12-20(18,4)5)15-10-13-8-6-7-9-14(13)11-16(15)21/h6-11,21H,12H2,1-5H3. The first-order valence-corrected chi connectivity index (χ1v) is 7.80. The Morgan fingerprint density at radius 3 is 2.23 bits per heavy atom. The summed E-state index contributed by atoms with van der Waals surface area (Å²) in [5, 5.41) is 12.7. The smallest absolute Gasteiger partial charge is 0.130 e. The van der Waals surface area contributed by atoms with E-state index in [1.807, 2.05) is 30.3 Å². The molecule has 0 saturated carbocycles. The third-order valence-electron chi connectivity index (χ3n) is 4.34. The summed E-state index contributed by atoms with van der Waals surface area (Å²) in [6.45, 7) is 11.7. The fraction of sp³-hybridized carbons (Fsp3) is 0.400. The summed E-state index contributed by atoms with van der Waals surface area (Å²) in [5.41, 5.74) is 2.04. The van der Waals surface area contributed by atoms with Crippen molar-refractivity contribution >= 4 is 16.5 Å². The Kier molecular flexibility index (Phi) is 3.24. The molecule has 0 bridgehead atoms. The molecule has 0 spiro atoms. The van der Waals surface area contributed by atoms with Gasteiger partial charge in [-0.3, -0.25) is 0 Å². The molecule has 1 heterocycles. The van der Waals surface area contributed by atoms with Crippen LogP contribution in [-0.4, -0.2) is 11.7 Å². The van der Waals surface area contributed by atoms with E-state index in [1.54, 1.807) is 0 Å². The maximum atomic E-state index is 10.5. The van der Waals surface area contributed by atoms with Crippen molar-refractivity contribution in [2.75, 3.05) is 6.61 Å². The average molecular weight is 296 g/mol. The molecule has 116 valence electrons. The largest absolute Gasteiger partial charge is 0.507 e. The van der Waals surface area contributed by atoms with Crippen LogP contribution in [0.15, 0.2) is 42.0 Å². The van der Waals surface area contributed by atoms with Crippen LogP contribution in [0.5, 0.6) is 5.75 Å². The summed E-state index contributed by atoms with van der Waals surface area (Å²) in [6, 6.07) is 11.9. The van der Waals surface area contributed by atoms with Gasteiger partial charge in [0.25, 0.3) is 0 Å². The van der Waals surface area contributed by atoms with Gasteiger partial charge >= 0.3 is 0 Å². The fourth-order valence-corrected chi connectivity index (χ4v) is 3.68. The van der Waals surface area contributed by atoms with E-state index in [1.165, 1.54) is 5.57 Å². The van der Waals surface area contributed by atoms with Crippen LogP contribution in [0.25, 0.3) is 16.5 Å². The lowest BCUT2D eigenvalue weighted by atomic mass is 9.71. The highest BCUT2D eigenvalue weighted by atomic mass is 16.5. The summed E-state index contributed by atoms with van der Waals surface area (Å²) in [6.07, 6.45) is 0. The number of phenolic OH excluding ortho intramolecular Hbond substituents is 1. The zero-order valence-corrected chi connectivity index (χ0v) is 14.0. The number of benzene rings is 2. The van der Waals surface area contributed by atoms with Crippen molar-refractivity contribution in [2.24, 2.45) is 10.8 Å². The highest BCUT2D eigenvalue weighted by molar-refractivity contribution is 5.89. The van der Waals surface area contributed by atoms with Crippen molar-refractivity contribution < 1.29 is 9.84 Å². The zero-order chi connectivity index (χ0) is 16.1. The molecule has 0 aromatic heterocycles. The number of hydrogen-bond acceptors (Lipinski definition) is 2. The number of rotatable bonds is 1. The minimum Gasteiger partial charge on any atom is -0.507 e. The summed E-state index contributed by atoms with van der Waals surface area (Å²) in [7, 11) is 0. The third kappa shape index (κ3) is 2.37. The third-order valence-corrected chi connectivity index (χ3v) is 4.34. The SMILES string of the molecule is CC(C)(C)C1=C(c2cc3ccccc3cc2O)OCC1(C)C. The van der Waals surface area contributed by atoms with Gasteiger partial charge in [0.2, 0.25) is 0 Å². The monoisotopic (exact) mass is 296 g/mol. The van der Waals surface area contributed by atoms with Gasteiger partial charge in [-0.2, -0.15) is 0 Å². The molecule has 2 nitrogen and oxygen atoms in total. The Hall–Kier alpha value is -1.96. The molecule has 2 heteroatoms. The van der Waals surface area contributed by atoms with E-state index >= 15 is 0 Å². The Morgan fingerprint density at radius 2 is 1.64 bits per heavy atom. The maximum absolute atomic E-state index is 10.5. The lowest BCUT2D eigenvalue weighted by Crippen LogP contribution is -2.24. The molecular weight excluding hydrogens is 272 g/mol. The van der Waals surface area contributed by atoms with E-state index in [4.69, 9.17) is 4.74 Å². The van der Waals surface area contributed by atoms with Gasteiger partial charge in [-0.1, -0.05) is 58.9 Å². The van der Waals surface area contributed by atoms with E-state index in [9.17, 15) is 5.11 Å². The van der Waals surface area contributed by atoms with Gasteiger partial charge in [0.05, 0.1) is 12.2 Å². The first-order valence-electron chi connectivity index (χ1n) is 7.80. The molecular formula is C20H24O2. The molecule has 0 radical (unpaired) electrons. The topological polar surface area (TPSA) is 29.5 Å². The van der Waals surface area contributed by atoms with Crippen LogP contribution in [0, 0.1) is 10.8 Å². The van der Waals surface area contributed by atoms with Crippen molar-refractivity contribution in [2.45, 2.75) is 34.6 Å². The minimum atomic E-state index is -0.0222. The van der Waals surface area contributed by atoms with Crippen molar-refractivity contribution in [1.29, 1.82) is 0 Å². The first kappa shape index (κ1) is 15.0. The summed E-state index contributed by atoms with van der Waals surface area (Å²) in [5.74, 6) is 1.13. The number of ether oxygens (including phenoxy) is 1. The van der Waals surface area contributed by atoms with Gasteiger partial charge in [-0.25, -0.2) is 0 Å². The molecule has 2 aromatic rings. The Morgan fingerprint density at radius 1 is 1.05 bits per heavy atom. The van der Waals surface area contributed by atoms with Crippen LogP contribution in [-0.2, 0) is 4.74 Å². The molecule has 0 atom stereocenters. The molecule has 3 rings (SSSR count). The molecule has 0 unspecified atom stereocenters. The van der Waals surface area contributed by atoms with Crippen LogP contribution >= 0.6 is 0 Å². The normalized spacial score (nSPS) is 17.9. The van der Waals surface area contributed by atoms with Gasteiger partial charge in [0.1, 0.15) is 11.5 Å². The van der Waals surface area contributed by atoms with Crippen LogP contribution in [0.1, 0.15) is 40.2 Å². The molecule has 0 saturated heterocycles. The number of fused-ring (bicyclic) bond motifs is 1. The van der Waals surface area contributed by atoms with Gasteiger partial charge in [0.15, 0.2) is 0 Å². The molecule has 2 aromatic carbocycles. The first-order chi connectivity index (χ1) is 10.2. The lowest BCUT2D eigenvalue weighted by molar-refractivity contribution is 0.213. The van der Waals surface area contributed by atoms with Crippen LogP contribution in [0.3, 0.4) is 0 Å². The minimum absolute atomic E-state index is 0.00653. The van der Waals surface area contributed by atoms with Crippen molar-refractivity contribution in [3.8, 4) is 5.75 Å². The number of hydrogen-bond donors (Lipinski definition) is 1. The van der Waals surface area contributed by atoms with Crippen LogP contribution in [0.2, 0.25) is 0 Å². The highest BCUT2D eigenvalue weighted by Crippen LogP contribution is 2.51. The highest BCUT2D eigenvalue weighted by Gasteiger charge is 2.41. The second kappa shape index (κ2) is 4.77. The lowest BCUT2D eigenvalue weighted by Gasteiger charge is -2.31. The quantitative estimate of drug-likeness (QED) is 0.767. The van der Waals surface area contributed by atoms with Gasteiger partial charge in [0, 0.05) is 5.41 Å². The van der Waals surface area contributed by atoms with Crippen molar-refractivity contribution in [3.63, 3.8) is 0 Å². The molecule has 0 amide bonds. The van der Waals surface area contributed by atoms with Gasteiger partial charge in [-0.15, -0.1) is 0 Å². The van der Waals surface area contributed by atoms with E-state index in [0.29, 0.717) is 6.61 Å². The Labute approximate surface area is 132 Å². The summed E-state index contributed by atoms with van der Waals surface area (Å²) >= 11 is 0. The van der Waals surface area contributed by atoms with Crippen molar-refractivity contribution in [1.82, 2.24) is 0 Å². The van der Waals surface area contributed by atoms with E-state index in [2.05, 4.69) is 40.7 Å². The van der Waals surface area contributed by atoms with Gasteiger partial charge < -0.3 is 9.84 Å². The Bertz CT molecular complexity index is 761. The van der Waals surface area contributed by atoms with Crippen LogP contribution in [0.4, 0.5) is 0 Å². The van der Waals surface area contributed by atoms with Crippen molar-refractivity contribution in [3.05, 3.63) is 47.5 Å². The predicted octanol–water partition coefficient (Wildman–Crippen LogP) is 5.36. The second-order valence-corrected chi connectivity index (χ2v) is 7.84. The van der Waals surface area contributed by atoms with E-state index in [-0.39, 0.29) is 16.6 Å². The molecule has 1 aliphatic rings. The van der Waals surface area contributed by atoms with E-state index in [0.717, 1.165) is 22.1 Å². The second-order valence-electron chi connectivity index (χ2n) is 7.84. The molecule has 1 N–H and O–H groups in total.